The molecule has 0 aliphatic rings. The number of thiophene rings is 1. The number of rotatable bonds is 6. The molecule has 0 aromatic carbocycles. The summed E-state index contributed by atoms with van der Waals surface area (Å²) in [7, 11) is 0. The van der Waals surface area contributed by atoms with E-state index in [1.165, 1.54) is 4.88 Å². The summed E-state index contributed by atoms with van der Waals surface area (Å²) in [5, 5.41) is 14.9. The van der Waals surface area contributed by atoms with E-state index >= 15 is 0 Å². The Balaban J connectivity index is 2.31. The fourth-order valence-electron chi connectivity index (χ4n) is 1.30. The maximum absolute atomic E-state index is 8.81. The Labute approximate surface area is 93.9 Å². The van der Waals surface area contributed by atoms with Crippen molar-refractivity contribution < 1.29 is 5.11 Å². The largest absolute Gasteiger partial charge is 0.396 e. The van der Waals surface area contributed by atoms with Gasteiger partial charge in [-0.05, 0) is 18.9 Å². The number of aliphatic hydroxyl groups is 1. The second-order valence-electron chi connectivity index (χ2n) is 3.23. The lowest BCUT2D eigenvalue weighted by Crippen LogP contribution is -2.28. The Bertz CT molecular complexity index is 264. The van der Waals surface area contributed by atoms with Gasteiger partial charge in [0.2, 0.25) is 0 Å². The molecule has 0 amide bonds. The summed E-state index contributed by atoms with van der Waals surface area (Å²) >= 11 is 7.48. The highest BCUT2D eigenvalue weighted by Crippen LogP contribution is 2.19. The van der Waals surface area contributed by atoms with Crippen LogP contribution in [0.5, 0.6) is 0 Å². The first kappa shape index (κ1) is 12.0. The molecule has 0 fully saturated rings. The van der Waals surface area contributed by atoms with Gasteiger partial charge in [-0.3, -0.25) is 0 Å². The summed E-state index contributed by atoms with van der Waals surface area (Å²) < 4.78 is 0. The number of nitrogens with one attached hydrogen (secondary N) is 1. The summed E-state index contributed by atoms with van der Waals surface area (Å²) in [6.45, 7) is 3.21. The van der Waals surface area contributed by atoms with Crippen LogP contribution in [-0.2, 0) is 6.54 Å². The van der Waals surface area contributed by atoms with E-state index in [0.29, 0.717) is 6.04 Å². The molecule has 80 valence electrons. The molecule has 0 bridgehead atoms. The molecule has 1 rings (SSSR count). The third-order valence-corrected chi connectivity index (χ3v) is 3.44. The van der Waals surface area contributed by atoms with Gasteiger partial charge < -0.3 is 10.4 Å². The van der Waals surface area contributed by atoms with Crippen molar-refractivity contribution in [3.05, 3.63) is 21.3 Å². The first-order chi connectivity index (χ1) is 6.76. The molecule has 1 unspecified atom stereocenters. The molecule has 2 nitrogen and oxygen atoms in total. The quantitative estimate of drug-likeness (QED) is 0.792. The van der Waals surface area contributed by atoms with Gasteiger partial charge in [-0.15, -0.1) is 11.3 Å². The second-order valence-corrected chi connectivity index (χ2v) is 4.66. The van der Waals surface area contributed by atoms with E-state index in [9.17, 15) is 0 Å². The molecule has 1 aromatic heterocycles. The lowest BCUT2D eigenvalue weighted by molar-refractivity contribution is 0.262. The standard InChI is InChI=1S/C10H16ClNOS/c1-2-9(3-4-13)12-6-10-5-8(11)7-14-10/h5,7,9,12-13H,2-4,6H2,1H3. The zero-order chi connectivity index (χ0) is 10.4. The lowest BCUT2D eigenvalue weighted by atomic mass is 10.1. The van der Waals surface area contributed by atoms with Crippen LogP contribution >= 0.6 is 22.9 Å². The van der Waals surface area contributed by atoms with E-state index in [1.54, 1.807) is 11.3 Å². The monoisotopic (exact) mass is 233 g/mol. The molecule has 4 heteroatoms. The van der Waals surface area contributed by atoms with Gasteiger partial charge in [0, 0.05) is 29.5 Å². The fourth-order valence-corrected chi connectivity index (χ4v) is 2.32. The van der Waals surface area contributed by atoms with Gasteiger partial charge in [-0.1, -0.05) is 18.5 Å². The fraction of sp³-hybridized carbons (Fsp3) is 0.600. The van der Waals surface area contributed by atoms with E-state index in [-0.39, 0.29) is 6.61 Å². The van der Waals surface area contributed by atoms with Crippen molar-refractivity contribution in [3.8, 4) is 0 Å². The van der Waals surface area contributed by atoms with Crippen LogP contribution < -0.4 is 5.32 Å². The minimum atomic E-state index is 0.247. The Morgan fingerprint density at radius 3 is 2.93 bits per heavy atom. The number of hydrogen-bond donors (Lipinski definition) is 2. The van der Waals surface area contributed by atoms with E-state index < -0.39 is 0 Å². The van der Waals surface area contributed by atoms with Crippen LogP contribution in [0.2, 0.25) is 5.02 Å². The van der Waals surface area contributed by atoms with Crippen molar-refractivity contribution in [1.29, 1.82) is 0 Å². The van der Waals surface area contributed by atoms with Crippen LogP contribution in [-0.4, -0.2) is 17.8 Å². The second kappa shape index (κ2) is 6.40. The van der Waals surface area contributed by atoms with Gasteiger partial charge in [-0.2, -0.15) is 0 Å². The Kier molecular flexibility index (Phi) is 5.48. The smallest absolute Gasteiger partial charge is 0.0516 e. The number of aliphatic hydroxyl groups excluding tert-OH is 1. The summed E-state index contributed by atoms with van der Waals surface area (Å²) in [5.41, 5.74) is 0. The average molecular weight is 234 g/mol. The third kappa shape index (κ3) is 3.96. The molecule has 0 radical (unpaired) electrons. The first-order valence-corrected chi connectivity index (χ1v) is 6.09. The zero-order valence-corrected chi connectivity index (χ0v) is 9.87. The van der Waals surface area contributed by atoms with Crippen molar-refractivity contribution in [2.75, 3.05) is 6.61 Å². The van der Waals surface area contributed by atoms with Gasteiger partial charge in [0.1, 0.15) is 0 Å². The van der Waals surface area contributed by atoms with E-state index in [1.807, 2.05) is 11.4 Å². The molecular formula is C10H16ClNOS. The van der Waals surface area contributed by atoms with Crippen LogP contribution in [0.1, 0.15) is 24.6 Å². The van der Waals surface area contributed by atoms with Gasteiger partial charge in [-0.25, -0.2) is 0 Å². The molecule has 14 heavy (non-hydrogen) atoms. The topological polar surface area (TPSA) is 32.3 Å². The van der Waals surface area contributed by atoms with Crippen molar-refractivity contribution in [2.45, 2.75) is 32.4 Å². The molecule has 0 saturated carbocycles. The Morgan fingerprint density at radius 2 is 2.43 bits per heavy atom. The minimum absolute atomic E-state index is 0.247. The van der Waals surface area contributed by atoms with Gasteiger partial charge >= 0.3 is 0 Å². The Morgan fingerprint density at radius 1 is 1.64 bits per heavy atom. The van der Waals surface area contributed by atoms with Crippen LogP contribution in [0, 0.1) is 0 Å². The predicted molar refractivity (Wildman–Crippen MR) is 62.0 cm³/mol. The summed E-state index contributed by atoms with van der Waals surface area (Å²) in [4.78, 5) is 1.24. The molecule has 2 N–H and O–H groups in total. The van der Waals surface area contributed by atoms with Gasteiger partial charge in [0.25, 0.3) is 0 Å². The van der Waals surface area contributed by atoms with E-state index in [0.717, 1.165) is 24.4 Å². The van der Waals surface area contributed by atoms with Crippen molar-refractivity contribution >= 4 is 22.9 Å². The summed E-state index contributed by atoms with van der Waals surface area (Å²) in [6, 6.07) is 2.38. The summed E-state index contributed by atoms with van der Waals surface area (Å²) in [5.74, 6) is 0. The Hall–Kier alpha value is -0.0900. The average Bonchev–Trinajstić information content (AvgIpc) is 2.59. The van der Waals surface area contributed by atoms with Gasteiger partial charge in [0.05, 0.1) is 5.02 Å². The molecule has 1 heterocycles. The van der Waals surface area contributed by atoms with Crippen LogP contribution in [0.3, 0.4) is 0 Å². The molecule has 1 aromatic rings. The normalized spacial score (nSPS) is 13.1. The predicted octanol–water partition coefficient (Wildman–Crippen LogP) is 2.65. The summed E-state index contributed by atoms with van der Waals surface area (Å²) in [6.07, 6.45) is 1.86. The molecular weight excluding hydrogens is 218 g/mol. The zero-order valence-electron chi connectivity index (χ0n) is 8.29. The maximum Gasteiger partial charge on any atom is 0.0516 e. The van der Waals surface area contributed by atoms with E-state index in [4.69, 9.17) is 16.7 Å². The number of halogens is 1. The van der Waals surface area contributed by atoms with Crippen LogP contribution in [0.25, 0.3) is 0 Å². The lowest BCUT2D eigenvalue weighted by Gasteiger charge is -2.14. The van der Waals surface area contributed by atoms with Crippen molar-refractivity contribution in [3.63, 3.8) is 0 Å². The van der Waals surface area contributed by atoms with E-state index in [2.05, 4.69) is 12.2 Å². The molecule has 0 saturated heterocycles. The van der Waals surface area contributed by atoms with Gasteiger partial charge in [0.15, 0.2) is 0 Å². The highest BCUT2D eigenvalue weighted by molar-refractivity contribution is 7.10. The molecule has 0 aliphatic heterocycles. The first-order valence-electron chi connectivity index (χ1n) is 4.83. The number of hydrogen-bond acceptors (Lipinski definition) is 3. The van der Waals surface area contributed by atoms with Crippen LogP contribution in [0.4, 0.5) is 0 Å². The molecule has 0 aliphatic carbocycles. The maximum atomic E-state index is 8.81. The van der Waals surface area contributed by atoms with Crippen molar-refractivity contribution in [2.24, 2.45) is 0 Å². The highest BCUT2D eigenvalue weighted by Gasteiger charge is 2.05. The SMILES string of the molecule is CCC(CCO)NCc1cc(Cl)cs1. The minimum Gasteiger partial charge on any atom is -0.396 e. The third-order valence-electron chi connectivity index (χ3n) is 2.16. The molecule has 0 spiro atoms. The van der Waals surface area contributed by atoms with Crippen molar-refractivity contribution in [1.82, 2.24) is 5.32 Å². The molecule has 1 atom stereocenters. The van der Waals surface area contributed by atoms with Crippen LogP contribution in [0.15, 0.2) is 11.4 Å². The highest BCUT2D eigenvalue weighted by atomic mass is 35.5.